The summed E-state index contributed by atoms with van der Waals surface area (Å²) >= 11 is 6.10. The number of rotatable bonds is 8. The van der Waals surface area contributed by atoms with Crippen LogP contribution < -0.4 is 16.4 Å². The Morgan fingerprint density at radius 1 is 1.19 bits per heavy atom. The largest absolute Gasteiger partial charge is 0.460 e. The summed E-state index contributed by atoms with van der Waals surface area (Å²) in [6, 6.07) is 15.3. The topological polar surface area (TPSA) is 76.4 Å². The van der Waals surface area contributed by atoms with Crippen molar-refractivity contribution in [2.75, 3.05) is 17.6 Å². The van der Waals surface area contributed by atoms with Crippen molar-refractivity contribution in [3.05, 3.63) is 59.1 Å². The maximum Gasteiger partial charge on any atom is 0.308 e. The summed E-state index contributed by atoms with van der Waals surface area (Å²) in [5, 5.41) is 7.21. The van der Waals surface area contributed by atoms with Gasteiger partial charge < -0.3 is 21.1 Å². The Kier molecular flexibility index (Phi) is 7.51. The number of esters is 1. The van der Waals surface area contributed by atoms with Gasteiger partial charge in [-0.15, -0.1) is 0 Å². The van der Waals surface area contributed by atoms with Crippen LogP contribution in [0.3, 0.4) is 0 Å². The number of anilines is 2. The van der Waals surface area contributed by atoms with E-state index in [0.29, 0.717) is 17.3 Å². The van der Waals surface area contributed by atoms with Gasteiger partial charge in [-0.1, -0.05) is 41.9 Å². The normalized spacial score (nSPS) is 12.4. The highest BCUT2D eigenvalue weighted by atomic mass is 35.5. The van der Waals surface area contributed by atoms with Crippen molar-refractivity contribution in [3.8, 4) is 0 Å². The molecule has 0 aromatic heterocycles. The number of hydrogen-bond acceptors (Lipinski definition) is 5. The van der Waals surface area contributed by atoms with E-state index >= 15 is 0 Å². The molecule has 146 valence electrons. The molecule has 0 unspecified atom stereocenters. The van der Waals surface area contributed by atoms with E-state index in [0.717, 1.165) is 12.2 Å². The third-order valence-electron chi connectivity index (χ3n) is 3.77. The first kappa shape index (κ1) is 21.1. The molecule has 0 aliphatic heterocycles. The molecule has 4 N–H and O–H groups in total. The molecule has 27 heavy (non-hydrogen) atoms. The number of benzene rings is 2. The van der Waals surface area contributed by atoms with Gasteiger partial charge in [0.05, 0.1) is 17.1 Å². The summed E-state index contributed by atoms with van der Waals surface area (Å²) in [5.41, 5.74) is 7.77. The minimum Gasteiger partial charge on any atom is -0.460 e. The first-order valence-corrected chi connectivity index (χ1v) is 9.39. The minimum atomic E-state index is -0.510. The summed E-state index contributed by atoms with van der Waals surface area (Å²) in [6.45, 7) is 6.90. The van der Waals surface area contributed by atoms with Crippen molar-refractivity contribution >= 4 is 28.9 Å². The number of carbonyl (C=O) groups excluding carboxylic acids is 1. The Bertz CT molecular complexity index is 745. The highest BCUT2D eigenvalue weighted by Crippen LogP contribution is 2.23. The van der Waals surface area contributed by atoms with Gasteiger partial charge in [0.15, 0.2) is 0 Å². The Morgan fingerprint density at radius 2 is 1.89 bits per heavy atom. The van der Waals surface area contributed by atoms with Crippen LogP contribution in [0, 0.1) is 0 Å². The predicted octanol–water partition coefficient (Wildman–Crippen LogP) is 4.22. The van der Waals surface area contributed by atoms with Crippen molar-refractivity contribution in [1.82, 2.24) is 5.32 Å². The van der Waals surface area contributed by atoms with Crippen LogP contribution in [0.4, 0.5) is 11.4 Å². The number of ether oxygens (including phenoxy) is 1. The van der Waals surface area contributed by atoms with Crippen LogP contribution in [0.5, 0.6) is 0 Å². The molecule has 0 saturated carbocycles. The van der Waals surface area contributed by atoms with Crippen LogP contribution in [-0.2, 0) is 16.1 Å². The molecule has 5 nitrogen and oxygen atoms in total. The number of hydrogen-bond donors (Lipinski definition) is 3. The zero-order valence-corrected chi connectivity index (χ0v) is 16.8. The van der Waals surface area contributed by atoms with E-state index in [4.69, 9.17) is 22.1 Å². The van der Waals surface area contributed by atoms with Crippen LogP contribution >= 0.6 is 11.6 Å². The van der Waals surface area contributed by atoms with Crippen LogP contribution in [-0.4, -0.2) is 24.2 Å². The highest BCUT2D eigenvalue weighted by Gasteiger charge is 2.20. The third kappa shape index (κ3) is 7.89. The molecule has 0 radical (unpaired) electrons. The molecule has 2 aromatic rings. The summed E-state index contributed by atoms with van der Waals surface area (Å²) in [6.07, 6.45) is 0.237. The number of carbonyl (C=O) groups is 1. The van der Waals surface area contributed by atoms with Gasteiger partial charge in [0.2, 0.25) is 0 Å². The maximum atomic E-state index is 12.3. The quantitative estimate of drug-likeness (QED) is 0.465. The average molecular weight is 390 g/mol. The second-order valence-electron chi connectivity index (χ2n) is 7.48. The lowest BCUT2D eigenvalue weighted by Gasteiger charge is -2.24. The van der Waals surface area contributed by atoms with Crippen molar-refractivity contribution in [3.63, 3.8) is 0 Å². The fourth-order valence-electron chi connectivity index (χ4n) is 2.60. The van der Waals surface area contributed by atoms with E-state index in [2.05, 4.69) is 22.8 Å². The van der Waals surface area contributed by atoms with Gasteiger partial charge in [-0.3, -0.25) is 4.79 Å². The third-order valence-corrected chi connectivity index (χ3v) is 4.09. The molecule has 0 spiro atoms. The molecule has 2 rings (SSSR count). The maximum absolute atomic E-state index is 12.3. The van der Waals surface area contributed by atoms with E-state index < -0.39 is 5.60 Å². The Labute approximate surface area is 166 Å². The molecule has 0 amide bonds. The molecule has 0 heterocycles. The Morgan fingerprint density at radius 3 is 2.52 bits per heavy atom. The zero-order chi connectivity index (χ0) is 19.9. The van der Waals surface area contributed by atoms with E-state index in [1.54, 1.807) is 12.1 Å². The van der Waals surface area contributed by atoms with Gasteiger partial charge >= 0.3 is 5.97 Å². The van der Waals surface area contributed by atoms with Gasteiger partial charge in [-0.05, 0) is 44.5 Å². The zero-order valence-electron chi connectivity index (χ0n) is 16.1. The van der Waals surface area contributed by atoms with Crippen LogP contribution in [0.15, 0.2) is 48.5 Å². The summed E-state index contributed by atoms with van der Waals surface area (Å²) in [5.74, 6) is -0.247. The fraction of sp³-hybridized carbons (Fsp3) is 0.381. The van der Waals surface area contributed by atoms with Crippen molar-refractivity contribution in [2.24, 2.45) is 0 Å². The molecular weight excluding hydrogens is 362 g/mol. The van der Waals surface area contributed by atoms with E-state index in [9.17, 15) is 4.79 Å². The Hall–Kier alpha value is -2.24. The molecule has 0 fully saturated rings. The van der Waals surface area contributed by atoms with Crippen molar-refractivity contribution in [1.29, 1.82) is 0 Å². The second kappa shape index (κ2) is 9.62. The molecule has 0 bridgehead atoms. The van der Waals surface area contributed by atoms with Gasteiger partial charge in [0.25, 0.3) is 0 Å². The highest BCUT2D eigenvalue weighted by molar-refractivity contribution is 6.33. The predicted molar refractivity (Wildman–Crippen MR) is 112 cm³/mol. The molecule has 6 heteroatoms. The van der Waals surface area contributed by atoms with Gasteiger partial charge in [0.1, 0.15) is 5.60 Å². The molecule has 0 aliphatic rings. The van der Waals surface area contributed by atoms with Crippen molar-refractivity contribution < 1.29 is 9.53 Å². The van der Waals surface area contributed by atoms with Crippen molar-refractivity contribution in [2.45, 2.75) is 45.4 Å². The number of halogens is 1. The Balaban J connectivity index is 2.00. The number of nitrogens with two attached hydrogens (primary N) is 1. The minimum absolute atomic E-state index is 0.150. The summed E-state index contributed by atoms with van der Waals surface area (Å²) < 4.78 is 5.46. The molecule has 1 atom stereocenters. The van der Waals surface area contributed by atoms with E-state index in [1.807, 2.05) is 45.0 Å². The van der Waals surface area contributed by atoms with Crippen LogP contribution in [0.1, 0.15) is 32.8 Å². The average Bonchev–Trinajstić information content (AvgIpc) is 2.57. The fourth-order valence-corrected chi connectivity index (χ4v) is 2.78. The lowest BCUT2D eigenvalue weighted by molar-refractivity contribution is -0.155. The summed E-state index contributed by atoms with van der Waals surface area (Å²) in [4.78, 5) is 12.3. The van der Waals surface area contributed by atoms with Gasteiger partial charge in [-0.2, -0.15) is 0 Å². The van der Waals surface area contributed by atoms with E-state index in [-0.39, 0.29) is 18.4 Å². The second-order valence-corrected chi connectivity index (χ2v) is 7.89. The standard InChI is InChI=1S/C21H28ClN3O2/c1-21(2,3)27-20(26)12-17(14-24-13-15-7-5-4-6-8-15)25-16-9-10-19(23)18(22)11-16/h4-11,17,24-25H,12-14,23H2,1-3H3/t17-/m0/s1. The smallest absolute Gasteiger partial charge is 0.308 e. The molecule has 0 aliphatic carbocycles. The van der Waals surface area contributed by atoms with Crippen LogP contribution in [0.25, 0.3) is 0 Å². The van der Waals surface area contributed by atoms with E-state index in [1.165, 1.54) is 5.56 Å². The molecule has 2 aromatic carbocycles. The first-order valence-electron chi connectivity index (χ1n) is 9.01. The van der Waals surface area contributed by atoms with Gasteiger partial charge in [0, 0.05) is 24.8 Å². The number of nitrogen functional groups attached to an aromatic ring is 1. The lowest BCUT2D eigenvalue weighted by Crippen LogP contribution is -2.36. The SMILES string of the molecule is CC(C)(C)OC(=O)C[C@@H](CNCc1ccccc1)Nc1ccc(N)c(Cl)c1. The lowest BCUT2D eigenvalue weighted by atomic mass is 10.1. The first-order chi connectivity index (χ1) is 12.7. The monoisotopic (exact) mass is 389 g/mol. The summed E-state index contributed by atoms with van der Waals surface area (Å²) in [7, 11) is 0. The molecular formula is C21H28ClN3O2. The van der Waals surface area contributed by atoms with Crippen LogP contribution in [0.2, 0.25) is 5.02 Å². The molecule has 0 saturated heterocycles. The van der Waals surface area contributed by atoms with Gasteiger partial charge in [-0.25, -0.2) is 0 Å². The number of nitrogens with one attached hydrogen (secondary N) is 2.